The highest BCUT2D eigenvalue weighted by atomic mass is 32.2. The van der Waals surface area contributed by atoms with Crippen LogP contribution in [0.5, 0.6) is 5.75 Å². The Morgan fingerprint density at radius 2 is 1.76 bits per heavy atom. The van der Waals surface area contributed by atoms with Crippen LogP contribution in [-0.2, 0) is 20.6 Å². The van der Waals surface area contributed by atoms with Gasteiger partial charge in [-0.15, -0.1) is 0 Å². The van der Waals surface area contributed by atoms with E-state index in [2.05, 4.69) is 4.72 Å². The molecular weight excluding hydrogens is 342 g/mol. The fraction of sp³-hybridized carbons (Fsp3) is 0.278. The van der Waals surface area contributed by atoms with Crippen LogP contribution in [-0.4, -0.2) is 21.0 Å². The molecule has 2 aromatic rings. The van der Waals surface area contributed by atoms with Gasteiger partial charge in [0.25, 0.3) is 0 Å². The molecule has 0 saturated carbocycles. The molecule has 6 nitrogen and oxygen atoms in total. The predicted molar refractivity (Wildman–Crippen MR) is 92.2 cm³/mol. The second kappa shape index (κ2) is 8.64. The summed E-state index contributed by atoms with van der Waals surface area (Å²) < 4.78 is 32.6. The summed E-state index contributed by atoms with van der Waals surface area (Å²) in [6.45, 7) is 2.36. The molecule has 0 spiro atoms. The smallest absolute Gasteiger partial charge is 0.216 e. The van der Waals surface area contributed by atoms with Crippen LogP contribution < -0.4 is 14.6 Å². The van der Waals surface area contributed by atoms with Crippen molar-refractivity contribution in [1.29, 1.82) is 0 Å². The lowest BCUT2D eigenvalue weighted by atomic mass is 10.0. The Kier molecular flexibility index (Phi) is 6.55. The number of ether oxygens (including phenoxy) is 1. The summed E-state index contributed by atoms with van der Waals surface area (Å²) in [5, 5.41) is 11.0. The van der Waals surface area contributed by atoms with E-state index in [4.69, 9.17) is 4.74 Å². The minimum atomic E-state index is -3.72. The molecule has 0 bridgehead atoms. The second-order valence-corrected chi connectivity index (χ2v) is 7.25. The molecule has 2 aromatic carbocycles. The van der Waals surface area contributed by atoms with E-state index in [1.54, 1.807) is 54.6 Å². The number of aliphatic carboxylic acids is 1. The zero-order valence-corrected chi connectivity index (χ0v) is 14.7. The first-order valence-corrected chi connectivity index (χ1v) is 9.51. The van der Waals surface area contributed by atoms with Crippen LogP contribution >= 0.6 is 0 Å². The Balaban J connectivity index is 2.17. The number of carboxylic acid groups (broad SMARTS) is 1. The molecule has 2 rings (SSSR count). The number of sulfonamides is 1. The molecule has 0 saturated heterocycles. The summed E-state index contributed by atoms with van der Waals surface area (Å²) in [6.07, 6.45) is -0.456. The van der Waals surface area contributed by atoms with E-state index >= 15 is 0 Å². The standard InChI is InChI=1S/C18H21NO5S/c1-2-24-16-10-8-15(9-11-16)17(12-18(20)21)19-25(22,23)13-14-6-4-3-5-7-14/h3-11,17,19H,2,12-13H2,1H3,(H,20,21)/p-1/t17-/m0/s1. The van der Waals surface area contributed by atoms with Crippen LogP contribution in [0.15, 0.2) is 54.6 Å². The predicted octanol–water partition coefficient (Wildman–Crippen LogP) is 1.39. The van der Waals surface area contributed by atoms with Crippen molar-refractivity contribution in [2.24, 2.45) is 0 Å². The first kappa shape index (κ1) is 19.0. The van der Waals surface area contributed by atoms with E-state index in [-0.39, 0.29) is 5.75 Å². The van der Waals surface area contributed by atoms with Crippen molar-refractivity contribution in [3.05, 3.63) is 65.7 Å². The number of carbonyl (C=O) groups is 1. The largest absolute Gasteiger partial charge is 0.550 e. The Labute approximate surface area is 147 Å². The van der Waals surface area contributed by atoms with Crippen molar-refractivity contribution in [3.8, 4) is 5.75 Å². The summed E-state index contributed by atoms with van der Waals surface area (Å²) in [5.41, 5.74) is 1.15. The number of carboxylic acids is 1. The monoisotopic (exact) mass is 362 g/mol. The maximum atomic E-state index is 12.4. The Hall–Kier alpha value is -2.38. The van der Waals surface area contributed by atoms with Gasteiger partial charge in [-0.2, -0.15) is 0 Å². The number of carbonyl (C=O) groups excluding carboxylic acids is 1. The minimum absolute atomic E-state index is 0.228. The van der Waals surface area contributed by atoms with E-state index in [9.17, 15) is 18.3 Å². The van der Waals surface area contributed by atoms with Crippen molar-refractivity contribution >= 4 is 16.0 Å². The molecule has 134 valence electrons. The summed E-state index contributed by atoms with van der Waals surface area (Å²) >= 11 is 0. The van der Waals surface area contributed by atoms with Crippen molar-refractivity contribution in [1.82, 2.24) is 4.72 Å². The van der Waals surface area contributed by atoms with Gasteiger partial charge in [0.15, 0.2) is 0 Å². The van der Waals surface area contributed by atoms with Crippen LogP contribution in [0.25, 0.3) is 0 Å². The average Bonchev–Trinajstić information content (AvgIpc) is 2.55. The van der Waals surface area contributed by atoms with Gasteiger partial charge in [0.05, 0.1) is 18.4 Å². The van der Waals surface area contributed by atoms with Crippen molar-refractivity contribution in [3.63, 3.8) is 0 Å². The van der Waals surface area contributed by atoms with E-state index in [1.165, 1.54) is 0 Å². The summed E-state index contributed by atoms with van der Waals surface area (Å²) in [5.74, 6) is -0.930. The molecule has 0 aliphatic rings. The third-order valence-corrected chi connectivity index (χ3v) is 4.84. The maximum absolute atomic E-state index is 12.4. The highest BCUT2D eigenvalue weighted by Gasteiger charge is 2.20. The molecule has 0 fully saturated rings. The molecule has 25 heavy (non-hydrogen) atoms. The summed E-state index contributed by atoms with van der Waals surface area (Å²) in [6, 6.07) is 14.4. The number of benzene rings is 2. The molecule has 0 radical (unpaired) electrons. The summed E-state index contributed by atoms with van der Waals surface area (Å²) in [4.78, 5) is 11.0. The molecule has 0 aliphatic heterocycles. The zero-order chi connectivity index (χ0) is 18.3. The molecule has 1 N–H and O–H groups in total. The molecule has 1 atom stereocenters. The maximum Gasteiger partial charge on any atom is 0.216 e. The van der Waals surface area contributed by atoms with E-state index in [1.807, 2.05) is 6.92 Å². The molecule has 0 amide bonds. The Bertz CT molecular complexity index is 788. The number of hydrogen-bond acceptors (Lipinski definition) is 5. The van der Waals surface area contributed by atoms with E-state index in [0.717, 1.165) is 0 Å². The number of nitrogens with one attached hydrogen (secondary N) is 1. The van der Waals surface area contributed by atoms with Crippen LogP contribution in [0.3, 0.4) is 0 Å². The SMILES string of the molecule is CCOc1ccc([C@H](CC(=O)[O-])NS(=O)(=O)Cc2ccccc2)cc1. The average molecular weight is 362 g/mol. The van der Waals surface area contributed by atoms with Crippen LogP contribution in [0.2, 0.25) is 0 Å². The van der Waals surface area contributed by atoms with Gasteiger partial charge >= 0.3 is 0 Å². The third kappa shape index (κ3) is 6.21. The van der Waals surface area contributed by atoms with Gasteiger partial charge in [0.2, 0.25) is 10.0 Å². The molecule has 0 aliphatic carbocycles. The third-order valence-electron chi connectivity index (χ3n) is 3.49. The quantitative estimate of drug-likeness (QED) is 0.727. The van der Waals surface area contributed by atoms with Crippen molar-refractivity contribution < 1.29 is 23.1 Å². The van der Waals surface area contributed by atoms with Crippen LogP contribution in [0.1, 0.15) is 30.5 Å². The van der Waals surface area contributed by atoms with Crippen molar-refractivity contribution in [2.45, 2.75) is 25.1 Å². The lowest BCUT2D eigenvalue weighted by Crippen LogP contribution is -2.34. The van der Waals surface area contributed by atoms with Gasteiger partial charge in [-0.1, -0.05) is 42.5 Å². The highest BCUT2D eigenvalue weighted by Crippen LogP contribution is 2.22. The topological polar surface area (TPSA) is 95.5 Å². The molecular formula is C18H20NO5S-. The normalized spacial score (nSPS) is 12.5. The first-order valence-electron chi connectivity index (χ1n) is 7.86. The highest BCUT2D eigenvalue weighted by molar-refractivity contribution is 7.88. The van der Waals surface area contributed by atoms with Gasteiger partial charge in [0.1, 0.15) is 5.75 Å². The first-order chi connectivity index (χ1) is 11.9. The summed E-state index contributed by atoms with van der Waals surface area (Å²) in [7, 11) is -3.72. The zero-order valence-electron chi connectivity index (χ0n) is 13.8. The molecule has 0 unspecified atom stereocenters. The lowest BCUT2D eigenvalue weighted by Gasteiger charge is -2.20. The van der Waals surface area contributed by atoms with E-state index < -0.39 is 28.5 Å². The molecule has 0 aromatic heterocycles. The minimum Gasteiger partial charge on any atom is -0.550 e. The van der Waals surface area contributed by atoms with Crippen molar-refractivity contribution in [2.75, 3.05) is 6.61 Å². The van der Waals surface area contributed by atoms with Gasteiger partial charge in [-0.05, 0) is 30.2 Å². The fourth-order valence-corrected chi connectivity index (χ4v) is 3.78. The fourth-order valence-electron chi connectivity index (χ4n) is 2.41. The van der Waals surface area contributed by atoms with E-state index in [0.29, 0.717) is 23.5 Å². The van der Waals surface area contributed by atoms with Gasteiger partial charge in [-0.25, -0.2) is 13.1 Å². The molecule has 7 heteroatoms. The second-order valence-electron chi connectivity index (χ2n) is 5.49. The number of rotatable bonds is 9. The van der Waals surface area contributed by atoms with Crippen LogP contribution in [0.4, 0.5) is 0 Å². The van der Waals surface area contributed by atoms with Gasteiger partial charge in [-0.3, -0.25) is 0 Å². The lowest BCUT2D eigenvalue weighted by molar-refractivity contribution is -0.306. The molecule has 0 heterocycles. The Morgan fingerprint density at radius 3 is 2.32 bits per heavy atom. The number of hydrogen-bond donors (Lipinski definition) is 1. The van der Waals surface area contributed by atoms with Gasteiger partial charge in [0, 0.05) is 12.4 Å². The van der Waals surface area contributed by atoms with Crippen LogP contribution in [0, 0.1) is 0 Å². The van der Waals surface area contributed by atoms with Gasteiger partial charge < -0.3 is 14.6 Å². The Morgan fingerprint density at radius 1 is 1.12 bits per heavy atom.